The highest BCUT2D eigenvalue weighted by molar-refractivity contribution is 8.00. The maximum absolute atomic E-state index is 10.6. The van der Waals surface area contributed by atoms with Gasteiger partial charge in [-0.25, -0.2) is 0 Å². The van der Waals surface area contributed by atoms with Crippen molar-refractivity contribution < 1.29 is 5.11 Å². The number of aliphatic hydroxyl groups is 1. The van der Waals surface area contributed by atoms with Crippen molar-refractivity contribution in [1.29, 1.82) is 0 Å². The second kappa shape index (κ2) is 6.30. The normalized spacial score (nSPS) is 38.2. The molecule has 16 heavy (non-hydrogen) atoms. The van der Waals surface area contributed by atoms with Crippen molar-refractivity contribution in [3.8, 4) is 0 Å². The van der Waals surface area contributed by atoms with Crippen LogP contribution in [0.2, 0.25) is 0 Å². The summed E-state index contributed by atoms with van der Waals surface area (Å²) in [5.41, 5.74) is 0. The lowest BCUT2D eigenvalue weighted by Crippen LogP contribution is -2.38. The molecular weight excluding hydrogens is 216 g/mol. The van der Waals surface area contributed by atoms with Crippen LogP contribution in [0.3, 0.4) is 0 Å². The van der Waals surface area contributed by atoms with Crippen LogP contribution in [0.1, 0.15) is 58.3 Å². The van der Waals surface area contributed by atoms with Crippen LogP contribution in [-0.4, -0.2) is 22.2 Å². The molecule has 0 spiro atoms. The largest absolute Gasteiger partial charge is 0.392 e. The Labute approximate surface area is 104 Å². The van der Waals surface area contributed by atoms with Crippen molar-refractivity contribution in [2.45, 2.75) is 69.6 Å². The van der Waals surface area contributed by atoms with E-state index < -0.39 is 0 Å². The van der Waals surface area contributed by atoms with Gasteiger partial charge < -0.3 is 5.11 Å². The van der Waals surface area contributed by atoms with E-state index in [0.29, 0.717) is 11.2 Å². The molecule has 1 saturated heterocycles. The SMILES string of the molecule is CCC1CCCCC1C(O)C1CCCCS1. The maximum Gasteiger partial charge on any atom is 0.0689 e. The molecule has 0 radical (unpaired) electrons. The van der Waals surface area contributed by atoms with Crippen LogP contribution in [0.25, 0.3) is 0 Å². The first kappa shape index (κ1) is 12.8. The van der Waals surface area contributed by atoms with Crippen molar-refractivity contribution in [1.82, 2.24) is 0 Å². The van der Waals surface area contributed by atoms with Crippen LogP contribution in [-0.2, 0) is 0 Å². The number of hydrogen-bond donors (Lipinski definition) is 1. The molecule has 2 aliphatic rings. The van der Waals surface area contributed by atoms with E-state index >= 15 is 0 Å². The van der Waals surface area contributed by atoms with Gasteiger partial charge in [0.2, 0.25) is 0 Å². The Kier molecular flexibility index (Phi) is 5.02. The van der Waals surface area contributed by atoms with Gasteiger partial charge in [-0.2, -0.15) is 11.8 Å². The summed E-state index contributed by atoms with van der Waals surface area (Å²) in [6.07, 6.45) is 10.5. The molecule has 0 bridgehead atoms. The average molecular weight is 242 g/mol. The third kappa shape index (κ3) is 2.95. The summed E-state index contributed by atoms with van der Waals surface area (Å²) >= 11 is 2.03. The van der Waals surface area contributed by atoms with Gasteiger partial charge in [-0.1, -0.05) is 39.0 Å². The molecule has 1 aliphatic carbocycles. The lowest BCUT2D eigenvalue weighted by atomic mass is 9.74. The smallest absolute Gasteiger partial charge is 0.0689 e. The summed E-state index contributed by atoms with van der Waals surface area (Å²) in [5.74, 6) is 2.67. The van der Waals surface area contributed by atoms with Crippen LogP contribution in [0.5, 0.6) is 0 Å². The Hall–Kier alpha value is 0.310. The Morgan fingerprint density at radius 1 is 1.12 bits per heavy atom. The minimum absolute atomic E-state index is 0.0180. The first-order valence-corrected chi connectivity index (χ1v) is 8.17. The fourth-order valence-corrected chi connectivity index (χ4v) is 4.91. The van der Waals surface area contributed by atoms with Gasteiger partial charge in [-0.05, 0) is 36.9 Å². The molecule has 4 unspecified atom stereocenters. The lowest BCUT2D eigenvalue weighted by Gasteiger charge is -2.38. The summed E-state index contributed by atoms with van der Waals surface area (Å²) in [5, 5.41) is 11.1. The van der Waals surface area contributed by atoms with Gasteiger partial charge in [-0.15, -0.1) is 0 Å². The van der Waals surface area contributed by atoms with Gasteiger partial charge in [0.05, 0.1) is 6.10 Å². The Balaban J connectivity index is 1.92. The molecule has 0 amide bonds. The number of rotatable bonds is 3. The fraction of sp³-hybridized carbons (Fsp3) is 1.00. The molecule has 0 aromatic rings. The fourth-order valence-electron chi connectivity index (χ4n) is 3.50. The van der Waals surface area contributed by atoms with Gasteiger partial charge in [0.25, 0.3) is 0 Å². The third-order valence-corrected chi connectivity index (χ3v) is 5.99. The summed E-state index contributed by atoms with van der Waals surface area (Å²) in [4.78, 5) is 0. The van der Waals surface area contributed by atoms with Crippen LogP contribution >= 0.6 is 11.8 Å². The molecule has 0 aromatic carbocycles. The minimum Gasteiger partial charge on any atom is -0.392 e. The van der Waals surface area contributed by atoms with Gasteiger partial charge in [0, 0.05) is 5.25 Å². The van der Waals surface area contributed by atoms with Gasteiger partial charge in [-0.3, -0.25) is 0 Å². The summed E-state index contributed by atoms with van der Waals surface area (Å²) in [6, 6.07) is 0. The molecule has 1 aliphatic heterocycles. The zero-order chi connectivity index (χ0) is 11.4. The first-order chi connectivity index (χ1) is 7.83. The number of hydrogen-bond acceptors (Lipinski definition) is 2. The minimum atomic E-state index is -0.0180. The van der Waals surface area contributed by atoms with Crippen molar-refractivity contribution >= 4 is 11.8 Å². The highest BCUT2D eigenvalue weighted by Gasteiger charge is 2.34. The van der Waals surface area contributed by atoms with E-state index in [2.05, 4.69) is 6.92 Å². The summed E-state index contributed by atoms with van der Waals surface area (Å²) in [6.45, 7) is 2.30. The van der Waals surface area contributed by atoms with Gasteiger partial charge in [0.1, 0.15) is 0 Å². The van der Waals surface area contributed by atoms with Crippen LogP contribution < -0.4 is 0 Å². The van der Waals surface area contributed by atoms with Crippen LogP contribution in [0.15, 0.2) is 0 Å². The summed E-state index contributed by atoms with van der Waals surface area (Å²) in [7, 11) is 0. The molecule has 4 atom stereocenters. The Morgan fingerprint density at radius 2 is 1.88 bits per heavy atom. The van der Waals surface area contributed by atoms with E-state index in [4.69, 9.17) is 0 Å². The van der Waals surface area contributed by atoms with E-state index in [0.717, 1.165) is 5.92 Å². The summed E-state index contributed by atoms with van der Waals surface area (Å²) < 4.78 is 0. The first-order valence-electron chi connectivity index (χ1n) is 7.12. The van der Waals surface area contributed by atoms with Gasteiger partial charge in [0.15, 0.2) is 0 Å². The average Bonchev–Trinajstić information content (AvgIpc) is 2.39. The monoisotopic (exact) mass is 242 g/mol. The molecule has 1 nitrogen and oxygen atoms in total. The maximum atomic E-state index is 10.6. The quantitative estimate of drug-likeness (QED) is 0.811. The second-order valence-electron chi connectivity index (χ2n) is 5.51. The van der Waals surface area contributed by atoms with E-state index in [1.165, 1.54) is 57.1 Å². The Morgan fingerprint density at radius 3 is 2.56 bits per heavy atom. The second-order valence-corrected chi connectivity index (χ2v) is 6.86. The van der Waals surface area contributed by atoms with Crippen molar-refractivity contribution in [2.75, 3.05) is 5.75 Å². The molecule has 1 saturated carbocycles. The molecule has 0 aromatic heterocycles. The van der Waals surface area contributed by atoms with E-state index in [9.17, 15) is 5.11 Å². The van der Waals surface area contributed by atoms with Crippen molar-refractivity contribution in [3.05, 3.63) is 0 Å². The zero-order valence-corrected chi connectivity index (χ0v) is 11.3. The predicted molar refractivity (Wildman–Crippen MR) is 71.8 cm³/mol. The molecule has 1 heterocycles. The zero-order valence-electron chi connectivity index (χ0n) is 10.5. The third-order valence-electron chi connectivity index (χ3n) is 4.53. The standard InChI is InChI=1S/C14H26OS/c1-2-11-7-3-4-8-12(11)14(15)13-9-5-6-10-16-13/h11-15H,2-10H2,1H3. The van der Waals surface area contributed by atoms with E-state index in [1.807, 2.05) is 11.8 Å². The Bertz CT molecular complexity index is 201. The molecule has 94 valence electrons. The van der Waals surface area contributed by atoms with Crippen LogP contribution in [0, 0.1) is 11.8 Å². The molecular formula is C14H26OS. The molecule has 1 N–H and O–H groups in total. The number of aliphatic hydroxyl groups excluding tert-OH is 1. The van der Waals surface area contributed by atoms with Crippen molar-refractivity contribution in [3.63, 3.8) is 0 Å². The molecule has 2 fully saturated rings. The van der Waals surface area contributed by atoms with Crippen LogP contribution in [0.4, 0.5) is 0 Å². The van der Waals surface area contributed by atoms with Gasteiger partial charge >= 0.3 is 0 Å². The van der Waals surface area contributed by atoms with E-state index in [-0.39, 0.29) is 6.10 Å². The topological polar surface area (TPSA) is 20.2 Å². The number of thioether (sulfide) groups is 1. The predicted octanol–water partition coefficient (Wildman–Crippen LogP) is 3.85. The van der Waals surface area contributed by atoms with E-state index in [1.54, 1.807) is 0 Å². The lowest BCUT2D eigenvalue weighted by molar-refractivity contribution is 0.0421. The highest BCUT2D eigenvalue weighted by atomic mass is 32.2. The van der Waals surface area contributed by atoms with Crippen molar-refractivity contribution in [2.24, 2.45) is 11.8 Å². The molecule has 2 heteroatoms. The molecule has 2 rings (SSSR count). The highest BCUT2D eigenvalue weighted by Crippen LogP contribution is 2.39.